The predicted octanol–water partition coefficient (Wildman–Crippen LogP) is 2.72. The molecule has 0 saturated carbocycles. The van der Waals surface area contributed by atoms with E-state index in [-0.39, 0.29) is 0 Å². The number of allylic oxidation sites excluding steroid dienone is 1. The minimum atomic E-state index is -0.776. The van der Waals surface area contributed by atoms with Crippen LogP contribution in [0.4, 0.5) is 0 Å². The molecule has 0 bridgehead atoms. The van der Waals surface area contributed by atoms with Gasteiger partial charge in [-0.05, 0) is 43.5 Å². The van der Waals surface area contributed by atoms with Gasteiger partial charge in [-0.15, -0.1) is 0 Å². The van der Waals surface area contributed by atoms with Crippen LogP contribution in [-0.2, 0) is 4.79 Å². The first-order valence-corrected chi connectivity index (χ1v) is 6.63. The van der Waals surface area contributed by atoms with Gasteiger partial charge in [0.25, 0.3) is 0 Å². The summed E-state index contributed by atoms with van der Waals surface area (Å²) < 4.78 is 0. The van der Waals surface area contributed by atoms with Crippen LogP contribution in [0.15, 0.2) is 31.1 Å². The van der Waals surface area contributed by atoms with E-state index in [1.54, 1.807) is 13.2 Å². The van der Waals surface area contributed by atoms with Crippen molar-refractivity contribution in [1.82, 2.24) is 10.3 Å². The Labute approximate surface area is 114 Å². The summed E-state index contributed by atoms with van der Waals surface area (Å²) in [6, 6.07) is 3.49. The molecule has 1 aromatic heterocycles. The Kier molecular flexibility index (Phi) is 6.82. The fraction of sp³-hybridized carbons (Fsp3) is 0.467. The van der Waals surface area contributed by atoms with Gasteiger partial charge in [-0.2, -0.15) is 0 Å². The van der Waals surface area contributed by atoms with Crippen LogP contribution in [0.1, 0.15) is 37.7 Å². The first kappa shape index (κ1) is 15.4. The van der Waals surface area contributed by atoms with Crippen molar-refractivity contribution in [1.29, 1.82) is 0 Å². The number of aromatic nitrogens is 1. The highest BCUT2D eigenvalue weighted by Gasteiger charge is 2.13. The molecule has 0 amide bonds. The Balaban J connectivity index is 2.18. The number of hydrogen-bond donors (Lipinski definition) is 2. The maximum absolute atomic E-state index is 10.8. The van der Waals surface area contributed by atoms with Crippen molar-refractivity contribution in [3.63, 3.8) is 0 Å². The van der Waals surface area contributed by atoms with Gasteiger partial charge in [-0.1, -0.05) is 25.5 Å². The number of carboxylic acid groups (broad SMARTS) is 1. The number of carboxylic acids is 1. The second-order valence-corrected chi connectivity index (χ2v) is 4.62. The van der Waals surface area contributed by atoms with Crippen LogP contribution in [0.3, 0.4) is 0 Å². The predicted molar refractivity (Wildman–Crippen MR) is 76.8 cm³/mol. The van der Waals surface area contributed by atoms with E-state index in [4.69, 9.17) is 5.11 Å². The first-order chi connectivity index (χ1) is 9.15. The number of aliphatic carboxylic acids is 1. The van der Waals surface area contributed by atoms with Gasteiger partial charge in [0.15, 0.2) is 0 Å². The molecule has 0 spiro atoms. The third-order valence-electron chi connectivity index (χ3n) is 3.19. The third-order valence-corrected chi connectivity index (χ3v) is 3.19. The van der Waals surface area contributed by atoms with E-state index in [1.165, 1.54) is 0 Å². The van der Waals surface area contributed by atoms with Crippen molar-refractivity contribution in [2.24, 2.45) is 0 Å². The molecule has 1 rings (SSSR count). The SMILES string of the molecule is C=C(CCCCC[C@H](NC)C(=O)O)c1cccnc1. The molecular formula is C15H22N2O2. The van der Waals surface area contributed by atoms with Crippen LogP contribution < -0.4 is 5.32 Å². The highest BCUT2D eigenvalue weighted by molar-refractivity contribution is 5.73. The fourth-order valence-electron chi connectivity index (χ4n) is 1.97. The second kappa shape index (κ2) is 8.43. The zero-order valence-electron chi connectivity index (χ0n) is 11.4. The molecule has 104 valence electrons. The standard InChI is InChI=1S/C15H22N2O2/c1-12(13-8-6-10-17-11-13)7-4-3-5-9-14(16-2)15(18)19/h6,8,10-11,14,16H,1,3-5,7,9H2,2H3,(H,18,19)/t14-/m0/s1. The summed E-state index contributed by atoms with van der Waals surface area (Å²) >= 11 is 0. The molecule has 0 aliphatic rings. The number of nitrogens with zero attached hydrogens (tertiary/aromatic N) is 1. The van der Waals surface area contributed by atoms with Crippen molar-refractivity contribution < 1.29 is 9.90 Å². The molecule has 1 atom stereocenters. The molecule has 4 nitrogen and oxygen atoms in total. The van der Waals surface area contributed by atoms with Gasteiger partial charge in [0.2, 0.25) is 0 Å². The van der Waals surface area contributed by atoms with Crippen LogP contribution in [0.2, 0.25) is 0 Å². The molecule has 0 fully saturated rings. The molecule has 4 heteroatoms. The molecule has 1 aromatic rings. The lowest BCUT2D eigenvalue weighted by Gasteiger charge is -2.10. The molecule has 19 heavy (non-hydrogen) atoms. The van der Waals surface area contributed by atoms with Crippen LogP contribution in [-0.4, -0.2) is 29.1 Å². The minimum Gasteiger partial charge on any atom is -0.480 e. The lowest BCUT2D eigenvalue weighted by molar-refractivity contribution is -0.139. The Hall–Kier alpha value is -1.68. The summed E-state index contributed by atoms with van der Waals surface area (Å²) in [5, 5.41) is 11.7. The third kappa shape index (κ3) is 5.66. The molecule has 0 saturated heterocycles. The quantitative estimate of drug-likeness (QED) is 0.672. The Bertz CT molecular complexity index is 404. The number of hydrogen-bond acceptors (Lipinski definition) is 3. The number of likely N-dealkylation sites (N-methyl/N-ethyl adjacent to an activating group) is 1. The lowest BCUT2D eigenvalue weighted by Crippen LogP contribution is -2.33. The Morgan fingerprint density at radius 2 is 2.26 bits per heavy atom. The lowest BCUT2D eigenvalue weighted by atomic mass is 10.0. The van der Waals surface area contributed by atoms with Crippen molar-refractivity contribution in [3.8, 4) is 0 Å². The summed E-state index contributed by atoms with van der Waals surface area (Å²) in [5.74, 6) is -0.776. The van der Waals surface area contributed by atoms with E-state index in [2.05, 4.69) is 16.9 Å². The summed E-state index contributed by atoms with van der Waals surface area (Å²) in [5.41, 5.74) is 2.18. The van der Waals surface area contributed by atoms with Gasteiger partial charge in [-0.25, -0.2) is 0 Å². The summed E-state index contributed by atoms with van der Waals surface area (Å²) in [6.45, 7) is 4.06. The number of pyridine rings is 1. The van der Waals surface area contributed by atoms with Gasteiger partial charge in [-0.3, -0.25) is 9.78 Å². The van der Waals surface area contributed by atoms with E-state index in [0.717, 1.165) is 36.8 Å². The fourth-order valence-corrected chi connectivity index (χ4v) is 1.97. The van der Waals surface area contributed by atoms with Crippen molar-refractivity contribution in [3.05, 3.63) is 36.7 Å². The van der Waals surface area contributed by atoms with E-state index >= 15 is 0 Å². The number of nitrogens with one attached hydrogen (secondary N) is 1. The van der Waals surface area contributed by atoms with E-state index in [1.807, 2.05) is 18.3 Å². The smallest absolute Gasteiger partial charge is 0.320 e. The number of carbonyl (C=O) groups is 1. The normalized spacial score (nSPS) is 12.1. The Morgan fingerprint density at radius 3 is 2.84 bits per heavy atom. The van der Waals surface area contributed by atoms with Gasteiger partial charge in [0, 0.05) is 12.4 Å². The van der Waals surface area contributed by atoms with E-state index < -0.39 is 12.0 Å². The molecule has 1 heterocycles. The molecule has 2 N–H and O–H groups in total. The summed E-state index contributed by atoms with van der Waals surface area (Å²) in [4.78, 5) is 14.9. The molecule has 0 aliphatic heterocycles. The van der Waals surface area contributed by atoms with Crippen molar-refractivity contribution in [2.45, 2.75) is 38.1 Å². The first-order valence-electron chi connectivity index (χ1n) is 6.63. The van der Waals surface area contributed by atoms with Gasteiger partial charge in [0.1, 0.15) is 6.04 Å². The molecule has 0 aromatic carbocycles. The van der Waals surface area contributed by atoms with Crippen molar-refractivity contribution >= 4 is 11.5 Å². The van der Waals surface area contributed by atoms with E-state index in [9.17, 15) is 4.79 Å². The number of unbranched alkanes of at least 4 members (excludes halogenated alkanes) is 2. The van der Waals surface area contributed by atoms with Gasteiger partial charge in [0.05, 0.1) is 0 Å². The minimum absolute atomic E-state index is 0.429. The summed E-state index contributed by atoms with van der Waals surface area (Å²) in [6.07, 6.45) is 8.14. The topological polar surface area (TPSA) is 62.2 Å². The largest absolute Gasteiger partial charge is 0.480 e. The van der Waals surface area contributed by atoms with Crippen LogP contribution in [0.25, 0.3) is 5.57 Å². The average Bonchev–Trinajstić information content (AvgIpc) is 2.43. The highest BCUT2D eigenvalue weighted by atomic mass is 16.4. The monoisotopic (exact) mass is 262 g/mol. The van der Waals surface area contributed by atoms with Crippen LogP contribution >= 0.6 is 0 Å². The van der Waals surface area contributed by atoms with Crippen molar-refractivity contribution in [2.75, 3.05) is 7.05 Å². The maximum atomic E-state index is 10.8. The van der Waals surface area contributed by atoms with Gasteiger partial charge < -0.3 is 10.4 Å². The summed E-state index contributed by atoms with van der Waals surface area (Å²) in [7, 11) is 1.68. The second-order valence-electron chi connectivity index (χ2n) is 4.62. The average molecular weight is 262 g/mol. The molecule has 0 radical (unpaired) electrons. The molecule has 0 unspecified atom stereocenters. The highest BCUT2D eigenvalue weighted by Crippen LogP contribution is 2.18. The zero-order chi connectivity index (χ0) is 14.1. The zero-order valence-corrected chi connectivity index (χ0v) is 11.4. The Morgan fingerprint density at radius 1 is 1.47 bits per heavy atom. The van der Waals surface area contributed by atoms with E-state index in [0.29, 0.717) is 6.42 Å². The maximum Gasteiger partial charge on any atom is 0.320 e. The van der Waals surface area contributed by atoms with Crippen LogP contribution in [0, 0.1) is 0 Å². The molecular weight excluding hydrogens is 240 g/mol. The van der Waals surface area contributed by atoms with Gasteiger partial charge >= 0.3 is 5.97 Å². The van der Waals surface area contributed by atoms with Crippen LogP contribution in [0.5, 0.6) is 0 Å². The molecule has 0 aliphatic carbocycles. The number of rotatable bonds is 9.